The van der Waals surface area contributed by atoms with Crippen molar-refractivity contribution in [2.45, 2.75) is 13.8 Å². The lowest BCUT2D eigenvalue weighted by molar-refractivity contribution is 0.0993. The summed E-state index contributed by atoms with van der Waals surface area (Å²) < 4.78 is 0. The van der Waals surface area contributed by atoms with Gasteiger partial charge in [-0.25, -0.2) is 0 Å². The van der Waals surface area contributed by atoms with Crippen LogP contribution in [0.25, 0.3) is 0 Å². The fraction of sp³-hybridized carbons (Fsp3) is 0.200. The molecule has 0 aliphatic rings. The Balaban J connectivity index is 3.47. The molecule has 1 rings (SSSR count). The first-order chi connectivity index (χ1) is 6.07. The summed E-state index contributed by atoms with van der Waals surface area (Å²) in [5.74, 6) is -0.565. The predicted octanol–water partition coefficient (Wildman–Crippen LogP) is 1.21. The molecule has 0 fully saturated rings. The topological polar surface area (TPSA) is 60.2 Å². The number of carbonyl (C=O) groups excluding carboxylic acids is 2. The average Bonchev–Trinajstić information content (AvgIpc) is 2.09. The molecule has 0 aliphatic carbocycles. The molecular weight excluding hydrogens is 166 g/mol. The average molecular weight is 177 g/mol. The summed E-state index contributed by atoms with van der Waals surface area (Å²) in [6.07, 6.45) is 0.669. The molecule has 2 N–H and O–H groups in total. The van der Waals surface area contributed by atoms with Gasteiger partial charge in [0.05, 0.1) is 0 Å². The molecule has 1 amide bonds. The molecule has 0 radical (unpaired) electrons. The Morgan fingerprint density at radius 2 is 2.00 bits per heavy atom. The van der Waals surface area contributed by atoms with Crippen LogP contribution in [0.1, 0.15) is 31.8 Å². The molecule has 0 aromatic heterocycles. The molecule has 0 heterocycles. The molecule has 1 aromatic carbocycles. The van der Waals surface area contributed by atoms with Gasteiger partial charge >= 0.3 is 0 Å². The minimum absolute atomic E-state index is 0.290. The molecule has 0 unspecified atom stereocenters. The Morgan fingerprint density at radius 1 is 1.38 bits per heavy atom. The van der Waals surface area contributed by atoms with Crippen LogP contribution in [0, 0.1) is 13.8 Å². The van der Waals surface area contributed by atoms with Gasteiger partial charge in [-0.05, 0) is 31.0 Å². The van der Waals surface area contributed by atoms with Crippen LogP contribution < -0.4 is 5.73 Å². The molecule has 0 spiro atoms. The lowest BCUT2D eigenvalue weighted by Crippen LogP contribution is -2.14. The van der Waals surface area contributed by atoms with Gasteiger partial charge < -0.3 is 5.73 Å². The minimum atomic E-state index is -0.565. The molecule has 3 nitrogen and oxygen atoms in total. The lowest BCUT2D eigenvalue weighted by atomic mass is 9.98. The zero-order valence-electron chi connectivity index (χ0n) is 7.63. The van der Waals surface area contributed by atoms with Gasteiger partial charge in [0, 0.05) is 11.1 Å². The number of carbonyl (C=O) groups is 2. The van der Waals surface area contributed by atoms with Crippen LogP contribution in [0.15, 0.2) is 12.1 Å². The van der Waals surface area contributed by atoms with Gasteiger partial charge in [-0.15, -0.1) is 0 Å². The van der Waals surface area contributed by atoms with Crippen LogP contribution in [-0.2, 0) is 0 Å². The van der Waals surface area contributed by atoms with Crippen LogP contribution in [0.5, 0.6) is 0 Å². The molecular formula is C10H11NO2. The maximum absolute atomic E-state index is 10.9. The first-order valence-electron chi connectivity index (χ1n) is 3.93. The van der Waals surface area contributed by atoms with E-state index in [-0.39, 0.29) is 5.56 Å². The van der Waals surface area contributed by atoms with Crippen LogP contribution in [0.4, 0.5) is 0 Å². The summed E-state index contributed by atoms with van der Waals surface area (Å²) in [5.41, 5.74) is 7.59. The standard InChI is InChI=1S/C10H11NO2/c1-6-3-4-8(10(11)13)9(5-12)7(6)2/h3-5H,1-2H3,(H2,11,13). The number of hydrogen-bond acceptors (Lipinski definition) is 2. The number of primary amides is 1. The van der Waals surface area contributed by atoms with Crippen molar-refractivity contribution in [2.75, 3.05) is 0 Å². The number of amides is 1. The Labute approximate surface area is 76.6 Å². The third kappa shape index (κ3) is 1.59. The summed E-state index contributed by atoms with van der Waals surface area (Å²) in [7, 11) is 0. The zero-order chi connectivity index (χ0) is 10.0. The van der Waals surface area contributed by atoms with Gasteiger partial charge in [0.25, 0.3) is 0 Å². The number of aldehydes is 1. The molecule has 0 bridgehead atoms. The number of hydrogen-bond donors (Lipinski definition) is 1. The van der Waals surface area contributed by atoms with E-state index in [9.17, 15) is 9.59 Å². The van der Waals surface area contributed by atoms with Gasteiger partial charge in [0.15, 0.2) is 6.29 Å². The Hall–Kier alpha value is -1.64. The number of benzene rings is 1. The lowest BCUT2D eigenvalue weighted by Gasteiger charge is -2.06. The van der Waals surface area contributed by atoms with Crippen LogP contribution in [0.3, 0.4) is 0 Å². The molecule has 0 aliphatic heterocycles. The highest BCUT2D eigenvalue weighted by Crippen LogP contribution is 2.15. The summed E-state index contributed by atoms with van der Waals surface area (Å²) in [5, 5.41) is 0. The van der Waals surface area contributed by atoms with Gasteiger partial charge in [-0.2, -0.15) is 0 Å². The fourth-order valence-electron chi connectivity index (χ4n) is 1.20. The second-order valence-corrected chi connectivity index (χ2v) is 2.95. The monoisotopic (exact) mass is 177 g/mol. The van der Waals surface area contributed by atoms with E-state index in [4.69, 9.17) is 5.73 Å². The van der Waals surface area contributed by atoms with Crippen molar-refractivity contribution < 1.29 is 9.59 Å². The van der Waals surface area contributed by atoms with Crippen molar-refractivity contribution in [3.63, 3.8) is 0 Å². The number of nitrogens with two attached hydrogens (primary N) is 1. The molecule has 1 aromatic rings. The van der Waals surface area contributed by atoms with Gasteiger partial charge in [0.2, 0.25) is 5.91 Å². The maximum Gasteiger partial charge on any atom is 0.249 e. The van der Waals surface area contributed by atoms with Gasteiger partial charge in [0.1, 0.15) is 0 Å². The summed E-state index contributed by atoms with van der Waals surface area (Å²) in [6, 6.07) is 3.36. The van der Waals surface area contributed by atoms with Crippen molar-refractivity contribution in [1.82, 2.24) is 0 Å². The van der Waals surface area contributed by atoms with E-state index >= 15 is 0 Å². The van der Waals surface area contributed by atoms with Crippen molar-refractivity contribution in [3.8, 4) is 0 Å². The predicted molar refractivity (Wildman–Crippen MR) is 49.8 cm³/mol. The Morgan fingerprint density at radius 3 is 2.46 bits per heavy atom. The highest BCUT2D eigenvalue weighted by Gasteiger charge is 2.10. The Kier molecular flexibility index (Phi) is 2.46. The smallest absolute Gasteiger partial charge is 0.249 e. The number of rotatable bonds is 2. The highest BCUT2D eigenvalue weighted by molar-refractivity contribution is 6.01. The van der Waals surface area contributed by atoms with E-state index in [1.54, 1.807) is 19.1 Å². The second kappa shape index (κ2) is 3.39. The van der Waals surface area contributed by atoms with Crippen molar-refractivity contribution in [1.29, 1.82) is 0 Å². The maximum atomic E-state index is 10.9. The second-order valence-electron chi connectivity index (χ2n) is 2.95. The van der Waals surface area contributed by atoms with Crippen molar-refractivity contribution >= 4 is 12.2 Å². The van der Waals surface area contributed by atoms with E-state index in [2.05, 4.69) is 0 Å². The Bertz CT molecular complexity index is 369. The van der Waals surface area contributed by atoms with E-state index < -0.39 is 5.91 Å². The molecule has 0 saturated carbocycles. The fourth-order valence-corrected chi connectivity index (χ4v) is 1.20. The van der Waals surface area contributed by atoms with Crippen LogP contribution >= 0.6 is 0 Å². The van der Waals surface area contributed by atoms with Gasteiger partial charge in [-0.3, -0.25) is 9.59 Å². The zero-order valence-corrected chi connectivity index (χ0v) is 7.63. The summed E-state index contributed by atoms with van der Waals surface area (Å²) in [6.45, 7) is 3.68. The third-order valence-corrected chi connectivity index (χ3v) is 2.17. The van der Waals surface area contributed by atoms with Crippen molar-refractivity contribution in [2.24, 2.45) is 5.73 Å². The molecule has 68 valence electrons. The largest absolute Gasteiger partial charge is 0.366 e. The molecule has 0 atom stereocenters. The summed E-state index contributed by atoms with van der Waals surface area (Å²) in [4.78, 5) is 21.6. The van der Waals surface area contributed by atoms with Crippen molar-refractivity contribution in [3.05, 3.63) is 34.4 Å². The first-order valence-corrected chi connectivity index (χ1v) is 3.93. The van der Waals surface area contributed by atoms with Crippen LogP contribution in [0.2, 0.25) is 0 Å². The highest BCUT2D eigenvalue weighted by atomic mass is 16.1. The van der Waals surface area contributed by atoms with E-state index in [0.717, 1.165) is 11.1 Å². The van der Waals surface area contributed by atoms with Crippen LogP contribution in [-0.4, -0.2) is 12.2 Å². The number of aryl methyl sites for hydroxylation is 1. The van der Waals surface area contributed by atoms with Gasteiger partial charge in [-0.1, -0.05) is 6.07 Å². The summed E-state index contributed by atoms with van der Waals surface area (Å²) >= 11 is 0. The molecule has 13 heavy (non-hydrogen) atoms. The molecule has 3 heteroatoms. The quantitative estimate of drug-likeness (QED) is 0.690. The van der Waals surface area contributed by atoms with E-state index in [1.807, 2.05) is 6.92 Å². The van der Waals surface area contributed by atoms with E-state index in [1.165, 1.54) is 0 Å². The van der Waals surface area contributed by atoms with E-state index in [0.29, 0.717) is 11.8 Å². The third-order valence-electron chi connectivity index (χ3n) is 2.17. The molecule has 0 saturated heterocycles. The first kappa shape index (κ1) is 9.45. The minimum Gasteiger partial charge on any atom is -0.366 e. The SMILES string of the molecule is Cc1ccc(C(N)=O)c(C=O)c1C. The normalized spacial score (nSPS) is 9.69.